The van der Waals surface area contributed by atoms with Gasteiger partial charge in [-0.3, -0.25) is 9.36 Å². The van der Waals surface area contributed by atoms with Crippen LogP contribution >= 0.6 is 11.8 Å². The number of halogens is 1. The number of hydrogen-bond donors (Lipinski definition) is 0. The van der Waals surface area contributed by atoms with Crippen LogP contribution in [0.2, 0.25) is 0 Å². The van der Waals surface area contributed by atoms with Gasteiger partial charge in [0.15, 0.2) is 5.16 Å². The number of rotatable bonds is 6. The van der Waals surface area contributed by atoms with Crippen molar-refractivity contribution in [2.45, 2.75) is 31.3 Å². The Labute approximate surface area is 209 Å². The first kappa shape index (κ1) is 23.7. The zero-order valence-electron chi connectivity index (χ0n) is 20.1. The predicted octanol–water partition coefficient (Wildman–Crippen LogP) is 4.15. The third-order valence-electron chi connectivity index (χ3n) is 6.70. The molecule has 184 valence electrons. The number of piperidine rings is 1. The Kier molecular flexibility index (Phi) is 7.22. The normalized spacial score (nSPS) is 16.6. The lowest BCUT2D eigenvalue weighted by molar-refractivity contribution is -0.128. The van der Waals surface area contributed by atoms with Crippen molar-refractivity contribution >= 4 is 29.3 Å². The maximum absolute atomic E-state index is 13.2. The van der Waals surface area contributed by atoms with Gasteiger partial charge in [-0.25, -0.2) is 4.39 Å². The molecule has 7 nitrogen and oxygen atoms in total. The molecule has 3 aromatic rings. The zero-order valence-corrected chi connectivity index (χ0v) is 20.9. The highest BCUT2D eigenvalue weighted by molar-refractivity contribution is 7.99. The molecule has 2 aliphatic heterocycles. The largest absolute Gasteiger partial charge is 0.368 e. The van der Waals surface area contributed by atoms with Crippen molar-refractivity contribution in [2.24, 2.45) is 0 Å². The molecule has 1 aromatic heterocycles. The summed E-state index contributed by atoms with van der Waals surface area (Å²) in [4.78, 5) is 19.4. The second kappa shape index (κ2) is 10.7. The fraction of sp³-hybridized carbons (Fsp3) is 0.423. The summed E-state index contributed by atoms with van der Waals surface area (Å²) in [5.74, 6) is 1.05. The van der Waals surface area contributed by atoms with Crippen LogP contribution in [0, 0.1) is 12.7 Å². The highest BCUT2D eigenvalue weighted by atomic mass is 32.2. The zero-order chi connectivity index (χ0) is 24.2. The maximum Gasteiger partial charge on any atom is 0.233 e. The van der Waals surface area contributed by atoms with Crippen molar-refractivity contribution in [1.82, 2.24) is 19.7 Å². The van der Waals surface area contributed by atoms with Crippen molar-refractivity contribution in [3.05, 3.63) is 59.9 Å². The summed E-state index contributed by atoms with van der Waals surface area (Å²) in [7, 11) is 0. The molecule has 1 amide bonds. The Morgan fingerprint density at radius 1 is 0.829 bits per heavy atom. The van der Waals surface area contributed by atoms with Crippen LogP contribution in [0.1, 0.15) is 24.8 Å². The summed E-state index contributed by atoms with van der Waals surface area (Å²) in [5, 5.41) is 9.77. The summed E-state index contributed by atoms with van der Waals surface area (Å²) in [6, 6.07) is 14.9. The Bertz CT molecular complexity index is 1140. The summed E-state index contributed by atoms with van der Waals surface area (Å²) >= 11 is 1.45. The maximum atomic E-state index is 13.2. The van der Waals surface area contributed by atoms with E-state index in [1.807, 2.05) is 4.90 Å². The van der Waals surface area contributed by atoms with Gasteiger partial charge in [0.25, 0.3) is 0 Å². The van der Waals surface area contributed by atoms with Gasteiger partial charge in [0, 0.05) is 45.0 Å². The smallest absolute Gasteiger partial charge is 0.233 e. The third kappa shape index (κ3) is 5.45. The molecule has 0 unspecified atom stereocenters. The number of anilines is 2. The number of hydrogen-bond acceptors (Lipinski definition) is 6. The molecule has 0 bridgehead atoms. The molecule has 2 aromatic carbocycles. The van der Waals surface area contributed by atoms with Crippen molar-refractivity contribution < 1.29 is 9.18 Å². The minimum absolute atomic E-state index is 0.103. The number of piperazine rings is 1. The molecule has 35 heavy (non-hydrogen) atoms. The summed E-state index contributed by atoms with van der Waals surface area (Å²) in [5.41, 5.74) is 3.21. The minimum atomic E-state index is -0.235. The number of benzene rings is 2. The molecule has 2 saturated heterocycles. The van der Waals surface area contributed by atoms with Crippen LogP contribution in [0.25, 0.3) is 5.69 Å². The van der Waals surface area contributed by atoms with E-state index in [4.69, 9.17) is 0 Å². The van der Waals surface area contributed by atoms with E-state index in [0.29, 0.717) is 18.8 Å². The highest BCUT2D eigenvalue weighted by Gasteiger charge is 2.25. The van der Waals surface area contributed by atoms with Gasteiger partial charge in [-0.15, -0.1) is 10.2 Å². The van der Waals surface area contributed by atoms with E-state index in [0.717, 1.165) is 61.5 Å². The summed E-state index contributed by atoms with van der Waals surface area (Å²) in [6.45, 7) is 6.81. The molecule has 3 heterocycles. The Balaban J connectivity index is 1.25. The minimum Gasteiger partial charge on any atom is -0.368 e. The molecule has 0 N–H and O–H groups in total. The molecule has 0 radical (unpaired) electrons. The van der Waals surface area contributed by atoms with Gasteiger partial charge >= 0.3 is 0 Å². The lowest BCUT2D eigenvalue weighted by Crippen LogP contribution is -2.49. The van der Waals surface area contributed by atoms with Gasteiger partial charge in [-0.05, 0) is 62.6 Å². The summed E-state index contributed by atoms with van der Waals surface area (Å²) in [6.07, 6.45) is 3.57. The van der Waals surface area contributed by atoms with Gasteiger partial charge in [0.2, 0.25) is 11.9 Å². The van der Waals surface area contributed by atoms with Gasteiger partial charge < -0.3 is 14.7 Å². The monoisotopic (exact) mass is 494 g/mol. The van der Waals surface area contributed by atoms with E-state index in [-0.39, 0.29) is 11.7 Å². The third-order valence-corrected chi connectivity index (χ3v) is 7.61. The molecule has 0 spiro atoms. The van der Waals surface area contributed by atoms with E-state index in [2.05, 4.69) is 55.8 Å². The number of carbonyl (C=O) groups is 1. The molecule has 0 saturated carbocycles. The van der Waals surface area contributed by atoms with Gasteiger partial charge in [-0.1, -0.05) is 29.5 Å². The van der Waals surface area contributed by atoms with Gasteiger partial charge in [0.1, 0.15) is 5.82 Å². The molecular weight excluding hydrogens is 463 g/mol. The van der Waals surface area contributed by atoms with Crippen LogP contribution in [0.3, 0.4) is 0 Å². The van der Waals surface area contributed by atoms with E-state index < -0.39 is 0 Å². The second-order valence-corrected chi connectivity index (χ2v) is 10.1. The van der Waals surface area contributed by atoms with Crippen LogP contribution in [-0.4, -0.2) is 70.6 Å². The number of aryl methyl sites for hydroxylation is 1. The van der Waals surface area contributed by atoms with E-state index in [9.17, 15) is 9.18 Å². The molecule has 0 atom stereocenters. The fourth-order valence-corrected chi connectivity index (χ4v) is 5.51. The molecule has 2 fully saturated rings. The number of aromatic nitrogens is 3. The molecule has 5 rings (SSSR count). The Morgan fingerprint density at radius 2 is 1.49 bits per heavy atom. The van der Waals surface area contributed by atoms with Crippen molar-refractivity contribution in [3.63, 3.8) is 0 Å². The number of amides is 1. The molecule has 0 aliphatic carbocycles. The molecule has 9 heteroatoms. The lowest BCUT2D eigenvalue weighted by atomic mass is 10.1. The Morgan fingerprint density at radius 3 is 2.17 bits per heavy atom. The van der Waals surface area contributed by atoms with Crippen LogP contribution < -0.4 is 9.80 Å². The first-order valence-corrected chi connectivity index (χ1v) is 13.3. The standard InChI is InChI=1S/C26H31FN6OS/c1-20-5-9-23(10-6-20)33-25(32-13-3-2-4-14-32)28-29-26(33)35-19-24(34)31-17-15-30(16-18-31)22-11-7-21(27)8-12-22/h5-12H,2-4,13-19H2,1H3. The van der Waals surface area contributed by atoms with Crippen LogP contribution in [0.5, 0.6) is 0 Å². The SMILES string of the molecule is Cc1ccc(-n2c(SCC(=O)N3CCN(c4ccc(F)cc4)CC3)nnc2N2CCCCC2)cc1. The van der Waals surface area contributed by atoms with Crippen LogP contribution in [0.4, 0.5) is 16.0 Å². The molecular formula is C26H31FN6OS. The summed E-state index contributed by atoms with van der Waals surface area (Å²) < 4.78 is 15.3. The Hall–Kier alpha value is -3.07. The van der Waals surface area contributed by atoms with E-state index in [1.54, 1.807) is 12.1 Å². The lowest BCUT2D eigenvalue weighted by Gasteiger charge is -2.36. The predicted molar refractivity (Wildman–Crippen MR) is 138 cm³/mol. The molecule has 2 aliphatic rings. The topological polar surface area (TPSA) is 57.5 Å². The average molecular weight is 495 g/mol. The van der Waals surface area contributed by atoms with E-state index >= 15 is 0 Å². The van der Waals surface area contributed by atoms with E-state index in [1.165, 1.54) is 35.9 Å². The first-order valence-electron chi connectivity index (χ1n) is 12.3. The van der Waals surface area contributed by atoms with Gasteiger partial charge in [0.05, 0.1) is 11.4 Å². The van der Waals surface area contributed by atoms with Crippen LogP contribution in [0.15, 0.2) is 53.7 Å². The second-order valence-electron chi connectivity index (χ2n) is 9.13. The highest BCUT2D eigenvalue weighted by Crippen LogP contribution is 2.29. The van der Waals surface area contributed by atoms with Crippen molar-refractivity contribution in [1.29, 1.82) is 0 Å². The van der Waals surface area contributed by atoms with Crippen molar-refractivity contribution in [3.8, 4) is 5.69 Å². The van der Waals surface area contributed by atoms with Crippen molar-refractivity contribution in [2.75, 3.05) is 54.8 Å². The van der Waals surface area contributed by atoms with Crippen LogP contribution in [-0.2, 0) is 4.79 Å². The quantitative estimate of drug-likeness (QED) is 0.480. The first-order chi connectivity index (χ1) is 17.1. The number of thioether (sulfide) groups is 1. The number of carbonyl (C=O) groups excluding carboxylic acids is 1. The van der Waals surface area contributed by atoms with Gasteiger partial charge in [-0.2, -0.15) is 0 Å². The average Bonchev–Trinajstić information content (AvgIpc) is 3.33. The number of nitrogens with zero attached hydrogens (tertiary/aromatic N) is 6. The fourth-order valence-electron chi connectivity index (χ4n) is 4.66.